The standard InChI is InChI=1S/C75H53N3.C69H48N2O/c1-75(2)69-22-12-9-19-63(69)64-44-43-62(49-70(64)75)76(60-39-33-52(34-40-60)50-25-29-54(30-26-50)56-37-45-73-67(47-56)65-20-10-13-23-71(65)77(73)58-15-5-3-6-16-58)61-41-35-53(36-42-61)51-27-31-55(32-28-51)57-38-46-74-68(48-57)66-21-11-14-24-72(66)78(74)59-17-7-4-8-18-59;1-69(2)63-20-9-6-15-57(63)58-41-40-55(44-64(58)69)70(54-38-33-48(34-39-54)46-27-29-50(30-28-46)56-18-12-19-61-60-17-8-11-22-67(60)72-68(56)61)53-36-31-47(32-37-53)45-23-25-49(26-24-45)51-35-42-66-62(43-51)59-16-7-10-21-65(59)71(66)52-13-4-3-5-14-52/h3-49H,1-2H3;3-44H,1-2H3. The molecule has 23 aromatic carbocycles. The number of para-hydroxylation sites is 8. The van der Waals surface area contributed by atoms with Crippen LogP contribution in [0.25, 0.3) is 216 Å². The average Bonchev–Trinajstić information content (AvgIpc) is 1.57. The number of hydrogen-bond donors (Lipinski definition) is 0. The quantitative estimate of drug-likeness (QED) is 0.0911. The van der Waals surface area contributed by atoms with Gasteiger partial charge < -0.3 is 27.9 Å². The summed E-state index contributed by atoms with van der Waals surface area (Å²) in [6.07, 6.45) is 0. The van der Waals surface area contributed by atoms with Crippen LogP contribution in [0.5, 0.6) is 0 Å². The van der Waals surface area contributed by atoms with Crippen LogP contribution < -0.4 is 9.80 Å². The SMILES string of the molecule is CC1(C)c2ccccc2-c2ccc(N(c3ccc(-c4ccc(-c5ccc6c(c5)c5ccccc5n6-c5ccccc5)cc4)cc3)c3ccc(-c4ccc(-c5ccc6c(c5)c5ccccc5n6-c5ccccc5)cc4)cc3)cc21.CC1(C)c2ccccc2-c2ccc(N(c3ccc(-c4ccc(-c5ccc6c(c5)c5ccccc5n6-c5ccccc5)cc4)cc3)c3ccc(-c4ccc(-c5cccc6c5oc5ccccc56)cc4)cc3)cc21. The van der Waals surface area contributed by atoms with Gasteiger partial charge in [-0.3, -0.25) is 0 Å². The molecule has 0 bridgehead atoms. The lowest BCUT2D eigenvalue weighted by molar-refractivity contribution is 0.660. The van der Waals surface area contributed by atoms with Crippen LogP contribution in [0.2, 0.25) is 0 Å². The Morgan fingerprint density at radius 1 is 0.160 bits per heavy atom. The lowest BCUT2D eigenvalue weighted by Gasteiger charge is -2.28. The van der Waals surface area contributed by atoms with Gasteiger partial charge in [-0.2, -0.15) is 0 Å². The molecule has 0 radical (unpaired) electrons. The minimum atomic E-state index is -0.126. The van der Waals surface area contributed by atoms with Crippen molar-refractivity contribution in [1.82, 2.24) is 13.7 Å². The number of fused-ring (bicyclic) bond motifs is 18. The van der Waals surface area contributed by atoms with Crippen LogP contribution in [0.4, 0.5) is 34.1 Å². The van der Waals surface area contributed by atoms with E-state index in [1.807, 2.05) is 12.1 Å². The Hall–Kier alpha value is -19.1. The topological polar surface area (TPSA) is 34.4 Å². The zero-order chi connectivity index (χ0) is 99.8. The molecule has 0 saturated heterocycles. The maximum atomic E-state index is 6.39. The third kappa shape index (κ3) is 15.1. The van der Waals surface area contributed by atoms with E-state index in [-0.39, 0.29) is 10.8 Å². The van der Waals surface area contributed by atoms with Gasteiger partial charge >= 0.3 is 0 Å². The van der Waals surface area contributed by atoms with Crippen molar-refractivity contribution in [3.63, 3.8) is 0 Å². The maximum absolute atomic E-state index is 6.39. The van der Waals surface area contributed by atoms with E-state index >= 15 is 0 Å². The molecular formula is C144H101N5O. The van der Waals surface area contributed by atoms with E-state index in [0.717, 1.165) is 78.3 Å². The van der Waals surface area contributed by atoms with Crippen molar-refractivity contribution in [3.05, 3.63) is 562 Å². The van der Waals surface area contributed by atoms with Crippen molar-refractivity contribution in [1.29, 1.82) is 0 Å². The number of nitrogens with zero attached hydrogens (tertiary/aromatic N) is 5. The summed E-state index contributed by atoms with van der Waals surface area (Å²) in [5, 5.41) is 9.82. The van der Waals surface area contributed by atoms with Crippen molar-refractivity contribution >= 4 is 121 Å². The molecule has 6 nitrogen and oxygen atoms in total. The van der Waals surface area contributed by atoms with Crippen LogP contribution in [-0.2, 0) is 10.8 Å². The van der Waals surface area contributed by atoms with Gasteiger partial charge in [0.2, 0.25) is 0 Å². The summed E-state index contributed by atoms with van der Waals surface area (Å²) in [5.74, 6) is 0. The van der Waals surface area contributed by atoms with Crippen LogP contribution in [0.15, 0.2) is 544 Å². The molecule has 29 rings (SSSR count). The molecule has 0 N–H and O–H groups in total. The molecule has 4 aromatic heterocycles. The average molecular weight is 1920 g/mol. The summed E-state index contributed by atoms with van der Waals surface area (Å²) in [7, 11) is 0. The Kier molecular flexibility index (Phi) is 21.2. The third-order valence-electron chi connectivity index (χ3n) is 31.8. The molecule has 27 aromatic rings. The Bertz CT molecular complexity index is 9680. The van der Waals surface area contributed by atoms with E-state index in [2.05, 4.69) is 579 Å². The van der Waals surface area contributed by atoms with E-state index < -0.39 is 0 Å². The van der Waals surface area contributed by atoms with E-state index in [4.69, 9.17) is 4.42 Å². The molecule has 0 fully saturated rings. The Morgan fingerprint density at radius 2 is 0.400 bits per heavy atom. The van der Waals surface area contributed by atoms with E-state index in [1.54, 1.807) is 0 Å². The maximum Gasteiger partial charge on any atom is 0.143 e. The highest BCUT2D eigenvalue weighted by molar-refractivity contribution is 6.14. The number of furan rings is 1. The van der Waals surface area contributed by atoms with Crippen molar-refractivity contribution in [2.45, 2.75) is 38.5 Å². The second kappa shape index (κ2) is 36.0. The first-order valence-corrected chi connectivity index (χ1v) is 52.0. The van der Waals surface area contributed by atoms with Gasteiger partial charge in [0.1, 0.15) is 11.2 Å². The van der Waals surface area contributed by atoms with Crippen LogP contribution in [0.1, 0.15) is 49.9 Å². The molecule has 2 aliphatic rings. The molecule has 4 heterocycles. The summed E-state index contributed by atoms with van der Waals surface area (Å²) in [6.45, 7) is 9.42. The van der Waals surface area contributed by atoms with Gasteiger partial charge in [0.15, 0.2) is 0 Å². The molecule has 708 valence electrons. The van der Waals surface area contributed by atoms with Crippen molar-refractivity contribution in [2.24, 2.45) is 0 Å². The first kappa shape index (κ1) is 88.6. The van der Waals surface area contributed by atoms with Gasteiger partial charge in [-0.15, -0.1) is 0 Å². The van der Waals surface area contributed by atoms with Crippen molar-refractivity contribution < 1.29 is 4.42 Å². The Labute approximate surface area is 872 Å². The summed E-state index contributed by atoms with van der Waals surface area (Å²) in [4.78, 5) is 4.81. The normalized spacial score (nSPS) is 12.6. The molecule has 0 amide bonds. The molecule has 0 unspecified atom stereocenters. The van der Waals surface area contributed by atoms with Crippen LogP contribution in [-0.4, -0.2) is 13.7 Å². The van der Waals surface area contributed by atoms with Crippen molar-refractivity contribution in [2.75, 3.05) is 9.80 Å². The van der Waals surface area contributed by atoms with E-state index in [0.29, 0.717) is 0 Å². The third-order valence-corrected chi connectivity index (χ3v) is 31.8. The van der Waals surface area contributed by atoms with Gasteiger partial charge in [0.25, 0.3) is 0 Å². The summed E-state index contributed by atoms with van der Waals surface area (Å²) in [5.41, 5.74) is 48.6. The highest BCUT2D eigenvalue weighted by atomic mass is 16.3. The van der Waals surface area contributed by atoms with Crippen molar-refractivity contribution in [3.8, 4) is 128 Å². The fourth-order valence-electron chi connectivity index (χ4n) is 24.2. The van der Waals surface area contributed by atoms with Crippen LogP contribution >= 0.6 is 0 Å². The van der Waals surface area contributed by atoms with Gasteiger partial charge in [0.05, 0.1) is 33.1 Å². The smallest absolute Gasteiger partial charge is 0.143 e. The fourth-order valence-corrected chi connectivity index (χ4v) is 24.2. The minimum Gasteiger partial charge on any atom is -0.455 e. The van der Waals surface area contributed by atoms with E-state index in [9.17, 15) is 0 Å². The lowest BCUT2D eigenvalue weighted by Crippen LogP contribution is -2.16. The summed E-state index contributed by atoms with van der Waals surface area (Å²) < 4.78 is 13.5. The van der Waals surface area contributed by atoms with Gasteiger partial charge in [0, 0.05) is 111 Å². The summed E-state index contributed by atoms with van der Waals surface area (Å²) >= 11 is 0. The highest BCUT2D eigenvalue weighted by Gasteiger charge is 2.38. The Morgan fingerprint density at radius 3 is 0.740 bits per heavy atom. The monoisotopic (exact) mass is 1920 g/mol. The molecule has 0 aliphatic heterocycles. The van der Waals surface area contributed by atoms with Crippen LogP contribution in [0.3, 0.4) is 0 Å². The molecule has 6 heteroatoms. The largest absolute Gasteiger partial charge is 0.455 e. The highest BCUT2D eigenvalue weighted by Crippen LogP contribution is 2.55. The van der Waals surface area contributed by atoms with Gasteiger partial charge in [-0.1, -0.05) is 398 Å². The molecule has 150 heavy (non-hydrogen) atoms. The number of rotatable bonds is 17. The number of aromatic nitrogens is 3. The van der Waals surface area contributed by atoms with Crippen LogP contribution in [0, 0.1) is 0 Å². The first-order chi connectivity index (χ1) is 73.9. The van der Waals surface area contributed by atoms with Gasteiger partial charge in [-0.05, 0) is 298 Å². The number of anilines is 6. The number of hydrogen-bond acceptors (Lipinski definition) is 3. The number of benzene rings is 23. The zero-order valence-electron chi connectivity index (χ0n) is 83.5. The molecule has 2 aliphatic carbocycles. The predicted molar refractivity (Wildman–Crippen MR) is 631 cm³/mol. The Balaban J connectivity index is 0.000000145. The molecule has 0 atom stereocenters. The first-order valence-electron chi connectivity index (χ1n) is 52.0. The second-order valence-electron chi connectivity index (χ2n) is 41.0. The minimum absolute atomic E-state index is 0.123. The molecular weight excluding hydrogens is 1820 g/mol. The fraction of sp³-hybridized carbons (Fsp3) is 0.0417. The zero-order valence-corrected chi connectivity index (χ0v) is 83.5. The molecule has 0 saturated carbocycles. The second-order valence-corrected chi connectivity index (χ2v) is 41.0. The van der Waals surface area contributed by atoms with Gasteiger partial charge in [-0.25, -0.2) is 0 Å². The van der Waals surface area contributed by atoms with E-state index in [1.165, 1.54) is 194 Å². The summed E-state index contributed by atoms with van der Waals surface area (Å²) in [6, 6.07) is 197. The lowest BCUT2D eigenvalue weighted by atomic mass is 9.82. The predicted octanol–water partition coefficient (Wildman–Crippen LogP) is 39.5. The molecule has 0 spiro atoms.